The maximum atomic E-state index is 12.3. The smallest absolute Gasteiger partial charge is 0.288 e. The highest BCUT2D eigenvalue weighted by molar-refractivity contribution is 9.10. The number of nitrogens with zero attached hydrogens (tertiary/aromatic N) is 1. The van der Waals surface area contributed by atoms with Crippen molar-refractivity contribution in [2.24, 2.45) is 0 Å². The Balaban J connectivity index is 2.11. The number of carbonyl (C=O) groups excluding carboxylic acids is 1. The van der Waals surface area contributed by atoms with Gasteiger partial charge in [-0.3, -0.25) is 20.2 Å². The zero-order valence-corrected chi connectivity index (χ0v) is 16.8. The average Bonchev–Trinajstić information content (AvgIpc) is 2.57. The first-order chi connectivity index (χ1) is 12.2. The van der Waals surface area contributed by atoms with Gasteiger partial charge in [-0.05, 0) is 64.9 Å². The van der Waals surface area contributed by atoms with Crippen molar-refractivity contribution in [3.05, 3.63) is 61.1 Å². The summed E-state index contributed by atoms with van der Waals surface area (Å²) in [7, 11) is 1.52. The minimum absolute atomic E-state index is 0.0312. The summed E-state index contributed by atoms with van der Waals surface area (Å²) < 4.78 is 5.74. The quantitative estimate of drug-likeness (QED) is 0.399. The Kier molecular flexibility index (Phi) is 6.52. The number of ether oxygens (including phenoxy) is 1. The molecule has 26 heavy (non-hydrogen) atoms. The Morgan fingerprint density at radius 2 is 2.04 bits per heavy atom. The highest BCUT2D eigenvalue weighted by Crippen LogP contribution is 2.30. The molecule has 0 heterocycles. The van der Waals surface area contributed by atoms with E-state index >= 15 is 0 Å². The Bertz CT molecular complexity index is 907. The van der Waals surface area contributed by atoms with Gasteiger partial charge in [-0.1, -0.05) is 11.6 Å². The van der Waals surface area contributed by atoms with Gasteiger partial charge in [0.25, 0.3) is 11.6 Å². The van der Waals surface area contributed by atoms with Crippen LogP contribution in [0.25, 0.3) is 0 Å². The van der Waals surface area contributed by atoms with Crippen LogP contribution in [0.5, 0.6) is 5.75 Å². The van der Waals surface area contributed by atoms with Crippen LogP contribution in [0.15, 0.2) is 34.8 Å². The van der Waals surface area contributed by atoms with Crippen LogP contribution in [0.2, 0.25) is 5.02 Å². The highest BCUT2D eigenvalue weighted by atomic mass is 79.9. The standard InChI is InChI=1S/C16H13BrClN3O4S/c1-8-5-13(21(23)24)11(18)7-12(8)19-16(26)20-15(22)9-3-4-14(25-2)10(17)6-9/h3-7H,1-2H3,(H2,19,20,22,26). The van der Waals surface area contributed by atoms with Crippen LogP contribution >= 0.6 is 39.7 Å². The summed E-state index contributed by atoms with van der Waals surface area (Å²) in [6.45, 7) is 1.66. The number of rotatable bonds is 4. The number of thiocarbonyl (C=S) groups is 1. The number of nitrogens with one attached hydrogen (secondary N) is 2. The van der Waals surface area contributed by atoms with E-state index in [9.17, 15) is 14.9 Å². The predicted molar refractivity (Wildman–Crippen MR) is 107 cm³/mol. The largest absolute Gasteiger partial charge is 0.496 e. The summed E-state index contributed by atoms with van der Waals surface area (Å²) in [6.07, 6.45) is 0. The van der Waals surface area contributed by atoms with E-state index in [0.29, 0.717) is 27.0 Å². The lowest BCUT2D eigenvalue weighted by atomic mass is 10.2. The second kappa shape index (κ2) is 8.43. The predicted octanol–water partition coefficient (Wildman–Crippen LogP) is 4.45. The Hall–Kier alpha value is -2.23. The van der Waals surface area contributed by atoms with Crippen LogP contribution in [-0.2, 0) is 0 Å². The molecule has 1 amide bonds. The fraction of sp³-hybridized carbons (Fsp3) is 0.125. The molecule has 0 spiro atoms. The van der Waals surface area contributed by atoms with Gasteiger partial charge in [0.1, 0.15) is 10.8 Å². The zero-order chi connectivity index (χ0) is 19.4. The van der Waals surface area contributed by atoms with E-state index in [1.54, 1.807) is 25.1 Å². The van der Waals surface area contributed by atoms with Crippen LogP contribution in [0.4, 0.5) is 11.4 Å². The van der Waals surface area contributed by atoms with Crippen molar-refractivity contribution in [3.63, 3.8) is 0 Å². The topological polar surface area (TPSA) is 93.5 Å². The molecule has 0 unspecified atom stereocenters. The highest BCUT2D eigenvalue weighted by Gasteiger charge is 2.16. The first-order valence-corrected chi connectivity index (χ1v) is 8.71. The minimum Gasteiger partial charge on any atom is -0.496 e. The van der Waals surface area contributed by atoms with Crippen LogP contribution in [0.3, 0.4) is 0 Å². The van der Waals surface area contributed by atoms with Crippen LogP contribution < -0.4 is 15.4 Å². The molecule has 0 aliphatic carbocycles. The molecule has 136 valence electrons. The number of halogens is 2. The number of hydrogen-bond donors (Lipinski definition) is 2. The number of carbonyl (C=O) groups is 1. The van der Waals surface area contributed by atoms with Crippen molar-refractivity contribution < 1.29 is 14.5 Å². The number of benzene rings is 2. The minimum atomic E-state index is -0.569. The maximum Gasteiger partial charge on any atom is 0.288 e. The molecule has 2 aromatic carbocycles. The van der Waals surface area contributed by atoms with Crippen LogP contribution in [-0.4, -0.2) is 23.1 Å². The summed E-state index contributed by atoms with van der Waals surface area (Å²) in [6, 6.07) is 7.56. The molecule has 0 aliphatic rings. The summed E-state index contributed by atoms with van der Waals surface area (Å²) in [5, 5.41) is 16.2. The number of nitro groups is 1. The molecule has 2 rings (SSSR count). The molecule has 7 nitrogen and oxygen atoms in total. The van der Waals surface area contributed by atoms with Crippen molar-refractivity contribution in [2.75, 3.05) is 12.4 Å². The molecule has 0 fully saturated rings. The first-order valence-electron chi connectivity index (χ1n) is 7.13. The summed E-state index contributed by atoms with van der Waals surface area (Å²) in [5.41, 5.74) is 1.19. The number of methoxy groups -OCH3 is 1. The van der Waals surface area contributed by atoms with Crippen LogP contribution in [0, 0.1) is 17.0 Å². The van der Waals surface area contributed by atoms with Gasteiger partial charge in [0.05, 0.1) is 16.5 Å². The molecule has 0 aliphatic heterocycles. The third-order valence-electron chi connectivity index (χ3n) is 3.38. The van der Waals surface area contributed by atoms with Gasteiger partial charge in [-0.15, -0.1) is 0 Å². The number of amides is 1. The van der Waals surface area contributed by atoms with Crippen molar-refractivity contribution >= 4 is 62.1 Å². The van der Waals surface area contributed by atoms with Gasteiger partial charge in [-0.25, -0.2) is 0 Å². The summed E-state index contributed by atoms with van der Waals surface area (Å²) in [4.78, 5) is 22.6. The molecule has 0 bridgehead atoms. The van der Waals surface area contributed by atoms with E-state index in [4.69, 9.17) is 28.6 Å². The van der Waals surface area contributed by atoms with Crippen LogP contribution in [0.1, 0.15) is 15.9 Å². The number of anilines is 1. The second-order valence-corrected chi connectivity index (χ2v) is 6.80. The number of aryl methyl sites for hydroxylation is 1. The summed E-state index contributed by atoms with van der Waals surface area (Å²) in [5.74, 6) is 0.176. The Labute approximate surface area is 168 Å². The fourth-order valence-corrected chi connectivity index (χ4v) is 3.05. The lowest BCUT2D eigenvalue weighted by Gasteiger charge is -2.13. The molecule has 2 aromatic rings. The zero-order valence-electron chi connectivity index (χ0n) is 13.6. The SMILES string of the molecule is COc1ccc(C(=O)NC(=S)Nc2cc(Cl)c([N+](=O)[O-])cc2C)cc1Br. The van der Waals surface area contributed by atoms with E-state index in [-0.39, 0.29) is 15.8 Å². The molecule has 0 atom stereocenters. The maximum absolute atomic E-state index is 12.3. The molecule has 0 saturated heterocycles. The Morgan fingerprint density at radius 3 is 2.62 bits per heavy atom. The fourth-order valence-electron chi connectivity index (χ4n) is 2.08. The van der Waals surface area contributed by atoms with E-state index in [0.717, 1.165) is 0 Å². The molecule has 0 saturated carbocycles. The number of hydrogen-bond acceptors (Lipinski definition) is 5. The van der Waals surface area contributed by atoms with Crippen molar-refractivity contribution in [2.45, 2.75) is 6.92 Å². The molecule has 0 aromatic heterocycles. The molecular weight excluding hydrogens is 446 g/mol. The Morgan fingerprint density at radius 1 is 1.35 bits per heavy atom. The van der Waals surface area contributed by atoms with E-state index < -0.39 is 10.8 Å². The monoisotopic (exact) mass is 457 g/mol. The average molecular weight is 459 g/mol. The van der Waals surface area contributed by atoms with Gasteiger partial charge in [0, 0.05) is 17.3 Å². The lowest BCUT2D eigenvalue weighted by molar-refractivity contribution is -0.384. The third-order valence-corrected chi connectivity index (χ3v) is 4.51. The van der Waals surface area contributed by atoms with Crippen molar-refractivity contribution in [3.8, 4) is 5.75 Å². The van der Waals surface area contributed by atoms with Crippen molar-refractivity contribution in [1.29, 1.82) is 0 Å². The van der Waals surface area contributed by atoms with Gasteiger partial charge < -0.3 is 10.1 Å². The number of nitro benzene ring substituents is 1. The lowest BCUT2D eigenvalue weighted by Crippen LogP contribution is -2.34. The summed E-state index contributed by atoms with van der Waals surface area (Å²) >= 11 is 14.3. The van der Waals surface area contributed by atoms with Gasteiger partial charge in [0.2, 0.25) is 0 Å². The van der Waals surface area contributed by atoms with Crippen molar-refractivity contribution in [1.82, 2.24) is 5.32 Å². The molecule has 2 N–H and O–H groups in total. The van der Waals surface area contributed by atoms with E-state index in [1.807, 2.05) is 0 Å². The normalized spacial score (nSPS) is 10.2. The van der Waals surface area contributed by atoms with Gasteiger partial charge >= 0.3 is 0 Å². The van der Waals surface area contributed by atoms with E-state index in [1.165, 1.54) is 19.2 Å². The molecular formula is C16H13BrClN3O4S. The van der Waals surface area contributed by atoms with E-state index in [2.05, 4.69) is 26.6 Å². The van der Waals surface area contributed by atoms with Gasteiger partial charge in [0.15, 0.2) is 5.11 Å². The molecule has 0 radical (unpaired) electrons. The third kappa shape index (κ3) is 4.69. The second-order valence-electron chi connectivity index (χ2n) is 5.13. The molecule has 10 heteroatoms. The van der Waals surface area contributed by atoms with Gasteiger partial charge in [-0.2, -0.15) is 0 Å². The first kappa shape index (κ1) is 20.1.